The van der Waals surface area contributed by atoms with E-state index in [-0.39, 0.29) is 12.5 Å². The predicted molar refractivity (Wildman–Crippen MR) is 87.9 cm³/mol. The van der Waals surface area contributed by atoms with E-state index in [2.05, 4.69) is 24.1 Å². The SMILES string of the molecule is CCCC(C)(O)CNC(=O)c1ccc(N(CC)CC)cc1. The first kappa shape index (κ1) is 17.5. The fourth-order valence-corrected chi connectivity index (χ4v) is 2.41. The first-order chi connectivity index (χ1) is 9.93. The van der Waals surface area contributed by atoms with Crippen molar-refractivity contribution in [3.63, 3.8) is 0 Å². The van der Waals surface area contributed by atoms with Crippen LogP contribution in [-0.2, 0) is 0 Å². The third-order valence-corrected chi connectivity index (χ3v) is 3.68. The van der Waals surface area contributed by atoms with E-state index in [1.807, 2.05) is 31.2 Å². The molecule has 0 heterocycles. The van der Waals surface area contributed by atoms with Gasteiger partial charge in [0.1, 0.15) is 0 Å². The summed E-state index contributed by atoms with van der Waals surface area (Å²) >= 11 is 0. The van der Waals surface area contributed by atoms with Crippen LogP contribution >= 0.6 is 0 Å². The average molecular weight is 292 g/mol. The normalized spacial score (nSPS) is 13.6. The molecule has 1 aromatic rings. The van der Waals surface area contributed by atoms with Gasteiger partial charge in [-0.15, -0.1) is 0 Å². The van der Waals surface area contributed by atoms with Crippen LogP contribution in [-0.4, -0.2) is 36.2 Å². The Hall–Kier alpha value is -1.55. The van der Waals surface area contributed by atoms with Gasteiger partial charge in [0.15, 0.2) is 0 Å². The number of hydrogen-bond donors (Lipinski definition) is 2. The van der Waals surface area contributed by atoms with Gasteiger partial charge < -0.3 is 15.3 Å². The second-order valence-electron chi connectivity index (χ2n) is 5.65. The van der Waals surface area contributed by atoms with Crippen molar-refractivity contribution in [2.24, 2.45) is 0 Å². The van der Waals surface area contributed by atoms with Gasteiger partial charge in [0.05, 0.1) is 5.60 Å². The lowest BCUT2D eigenvalue weighted by molar-refractivity contribution is 0.0469. The number of rotatable bonds is 8. The first-order valence-corrected chi connectivity index (χ1v) is 7.79. The summed E-state index contributed by atoms with van der Waals surface area (Å²) in [5.74, 6) is -0.141. The highest BCUT2D eigenvalue weighted by Gasteiger charge is 2.20. The second kappa shape index (κ2) is 8.03. The molecule has 0 saturated heterocycles. The summed E-state index contributed by atoms with van der Waals surface area (Å²) < 4.78 is 0. The molecule has 0 bridgehead atoms. The Kier molecular flexibility index (Phi) is 6.69. The van der Waals surface area contributed by atoms with Crippen LogP contribution in [0.5, 0.6) is 0 Å². The summed E-state index contributed by atoms with van der Waals surface area (Å²) in [5, 5.41) is 12.9. The molecule has 4 nitrogen and oxygen atoms in total. The number of nitrogens with one attached hydrogen (secondary N) is 1. The van der Waals surface area contributed by atoms with Crippen LogP contribution in [0.15, 0.2) is 24.3 Å². The maximum atomic E-state index is 12.1. The summed E-state index contributed by atoms with van der Waals surface area (Å²) in [7, 11) is 0. The molecular weight excluding hydrogens is 264 g/mol. The number of anilines is 1. The van der Waals surface area contributed by atoms with E-state index in [1.165, 1.54) is 0 Å². The van der Waals surface area contributed by atoms with Crippen molar-refractivity contribution in [1.29, 1.82) is 0 Å². The minimum atomic E-state index is -0.842. The molecule has 1 amide bonds. The van der Waals surface area contributed by atoms with Gasteiger partial charge >= 0.3 is 0 Å². The van der Waals surface area contributed by atoms with E-state index in [0.29, 0.717) is 12.0 Å². The Morgan fingerprint density at radius 3 is 2.24 bits per heavy atom. The number of hydrogen-bond acceptors (Lipinski definition) is 3. The molecular formula is C17H28N2O2. The Bertz CT molecular complexity index is 437. The number of carbonyl (C=O) groups excluding carboxylic acids is 1. The number of nitrogens with zero attached hydrogens (tertiary/aromatic N) is 1. The molecule has 0 radical (unpaired) electrons. The van der Waals surface area contributed by atoms with Crippen molar-refractivity contribution in [2.75, 3.05) is 24.5 Å². The van der Waals surface area contributed by atoms with Gasteiger partial charge in [-0.2, -0.15) is 0 Å². The van der Waals surface area contributed by atoms with E-state index in [9.17, 15) is 9.90 Å². The van der Waals surface area contributed by atoms with Gasteiger partial charge in [0, 0.05) is 30.9 Å². The zero-order valence-electron chi connectivity index (χ0n) is 13.6. The Balaban J connectivity index is 2.63. The quantitative estimate of drug-likeness (QED) is 0.774. The fourth-order valence-electron chi connectivity index (χ4n) is 2.41. The van der Waals surface area contributed by atoms with Crippen molar-refractivity contribution < 1.29 is 9.90 Å². The molecule has 2 N–H and O–H groups in total. The molecule has 0 aliphatic heterocycles. The third-order valence-electron chi connectivity index (χ3n) is 3.68. The molecule has 118 valence electrons. The van der Waals surface area contributed by atoms with Crippen LogP contribution in [0.25, 0.3) is 0 Å². The highest BCUT2D eigenvalue weighted by atomic mass is 16.3. The van der Waals surface area contributed by atoms with Gasteiger partial charge in [-0.05, 0) is 51.5 Å². The molecule has 0 aliphatic carbocycles. The molecule has 0 spiro atoms. The lowest BCUT2D eigenvalue weighted by Gasteiger charge is -2.23. The monoisotopic (exact) mass is 292 g/mol. The topological polar surface area (TPSA) is 52.6 Å². The molecule has 0 saturated carbocycles. The summed E-state index contributed by atoms with van der Waals surface area (Å²) in [5.41, 5.74) is 0.902. The summed E-state index contributed by atoms with van der Waals surface area (Å²) in [6, 6.07) is 7.59. The molecule has 1 aromatic carbocycles. The average Bonchev–Trinajstić information content (AvgIpc) is 2.47. The highest BCUT2D eigenvalue weighted by Crippen LogP contribution is 2.15. The number of aliphatic hydroxyl groups is 1. The van der Waals surface area contributed by atoms with Crippen LogP contribution in [0.2, 0.25) is 0 Å². The Morgan fingerprint density at radius 1 is 1.19 bits per heavy atom. The molecule has 21 heavy (non-hydrogen) atoms. The largest absolute Gasteiger partial charge is 0.388 e. The number of amides is 1. The highest BCUT2D eigenvalue weighted by molar-refractivity contribution is 5.94. The maximum absolute atomic E-state index is 12.1. The zero-order chi connectivity index (χ0) is 15.9. The van der Waals surface area contributed by atoms with Gasteiger partial charge in [-0.25, -0.2) is 0 Å². The van der Waals surface area contributed by atoms with Crippen LogP contribution in [0, 0.1) is 0 Å². The molecule has 0 aliphatic rings. The minimum absolute atomic E-state index is 0.141. The zero-order valence-corrected chi connectivity index (χ0v) is 13.6. The van der Waals surface area contributed by atoms with E-state index in [0.717, 1.165) is 25.2 Å². The van der Waals surface area contributed by atoms with Crippen molar-refractivity contribution >= 4 is 11.6 Å². The van der Waals surface area contributed by atoms with Crippen molar-refractivity contribution in [3.05, 3.63) is 29.8 Å². The van der Waals surface area contributed by atoms with Crippen molar-refractivity contribution in [2.45, 2.75) is 46.1 Å². The van der Waals surface area contributed by atoms with Gasteiger partial charge in [0.25, 0.3) is 5.91 Å². The molecule has 4 heteroatoms. The summed E-state index contributed by atoms with van der Waals surface area (Å²) in [6.45, 7) is 10.2. The van der Waals surface area contributed by atoms with Crippen LogP contribution in [0.3, 0.4) is 0 Å². The van der Waals surface area contributed by atoms with E-state index in [1.54, 1.807) is 6.92 Å². The molecule has 1 rings (SSSR count). The van der Waals surface area contributed by atoms with Gasteiger partial charge in [-0.3, -0.25) is 4.79 Å². The lowest BCUT2D eigenvalue weighted by Crippen LogP contribution is -2.40. The first-order valence-electron chi connectivity index (χ1n) is 7.79. The minimum Gasteiger partial charge on any atom is -0.388 e. The molecule has 1 atom stereocenters. The Morgan fingerprint density at radius 2 is 1.76 bits per heavy atom. The standard InChI is InChI=1S/C17H28N2O2/c1-5-12-17(4,21)13-18-16(20)14-8-10-15(11-9-14)19(6-2)7-3/h8-11,21H,5-7,12-13H2,1-4H3,(H,18,20). The van der Waals surface area contributed by atoms with Gasteiger partial charge in [-0.1, -0.05) is 13.3 Å². The van der Waals surface area contributed by atoms with Gasteiger partial charge in [0.2, 0.25) is 0 Å². The van der Waals surface area contributed by atoms with Crippen LogP contribution in [0.1, 0.15) is 50.9 Å². The van der Waals surface area contributed by atoms with E-state index < -0.39 is 5.60 Å². The molecule has 0 fully saturated rings. The summed E-state index contributed by atoms with van der Waals surface area (Å²) in [4.78, 5) is 14.3. The second-order valence-corrected chi connectivity index (χ2v) is 5.65. The van der Waals surface area contributed by atoms with Crippen molar-refractivity contribution in [1.82, 2.24) is 5.32 Å². The molecule has 1 unspecified atom stereocenters. The fraction of sp³-hybridized carbons (Fsp3) is 0.588. The number of benzene rings is 1. The van der Waals surface area contributed by atoms with Crippen LogP contribution < -0.4 is 10.2 Å². The summed E-state index contributed by atoms with van der Waals surface area (Å²) in [6.07, 6.45) is 1.57. The maximum Gasteiger partial charge on any atom is 0.251 e. The van der Waals surface area contributed by atoms with Crippen LogP contribution in [0.4, 0.5) is 5.69 Å². The third kappa shape index (κ3) is 5.38. The molecule has 0 aromatic heterocycles. The van der Waals surface area contributed by atoms with E-state index >= 15 is 0 Å². The van der Waals surface area contributed by atoms with Crippen molar-refractivity contribution in [3.8, 4) is 0 Å². The number of carbonyl (C=O) groups is 1. The lowest BCUT2D eigenvalue weighted by atomic mass is 10.0. The predicted octanol–water partition coefficient (Wildman–Crippen LogP) is 2.81. The van der Waals surface area contributed by atoms with E-state index in [4.69, 9.17) is 0 Å². The smallest absolute Gasteiger partial charge is 0.251 e. The Labute approximate surface area is 128 Å².